The van der Waals surface area contributed by atoms with E-state index in [1.54, 1.807) is 13.0 Å². The lowest BCUT2D eigenvalue weighted by Gasteiger charge is -2.12. The standard InChI is InChI=1S/C26H25N7O3/c1-3-7-19-16-32(23-14-22(26(35)36-4-2)29-33(23)25(19)34)15-17-10-12-18(13-11-17)20-8-5-6-9-21(20)24-27-30-31-28-24/h5-6,8-14,16H,3-4,7,15H2,1-2H3,(H,27,28,30,31). The van der Waals surface area contributed by atoms with Crippen molar-refractivity contribution in [1.29, 1.82) is 0 Å². The molecule has 0 amide bonds. The molecule has 0 radical (unpaired) electrons. The molecule has 0 fully saturated rings. The van der Waals surface area contributed by atoms with Crippen LogP contribution in [0.15, 0.2) is 65.6 Å². The van der Waals surface area contributed by atoms with Gasteiger partial charge in [0.15, 0.2) is 5.69 Å². The number of carbonyl (C=O) groups is 1. The van der Waals surface area contributed by atoms with E-state index in [0.29, 0.717) is 30.0 Å². The SMILES string of the molecule is CCCc1cn(Cc2ccc(-c3ccccc3-c3nn[nH]n3)cc2)c2cc(C(=O)OCC)nn2c1=O. The van der Waals surface area contributed by atoms with Gasteiger partial charge in [-0.05, 0) is 35.2 Å². The number of hydrogen-bond donors (Lipinski definition) is 1. The van der Waals surface area contributed by atoms with Gasteiger partial charge in [0.2, 0.25) is 5.82 Å². The van der Waals surface area contributed by atoms with Crippen molar-refractivity contribution < 1.29 is 9.53 Å². The molecule has 1 N–H and O–H groups in total. The molecule has 36 heavy (non-hydrogen) atoms. The first-order valence-corrected chi connectivity index (χ1v) is 11.8. The maximum Gasteiger partial charge on any atom is 0.358 e. The lowest BCUT2D eigenvalue weighted by molar-refractivity contribution is 0.0519. The Morgan fingerprint density at radius 2 is 1.83 bits per heavy atom. The Morgan fingerprint density at radius 3 is 2.53 bits per heavy atom. The van der Waals surface area contributed by atoms with Crippen molar-refractivity contribution in [2.75, 3.05) is 6.61 Å². The van der Waals surface area contributed by atoms with Crippen LogP contribution >= 0.6 is 0 Å². The molecule has 0 saturated carbocycles. The second-order valence-corrected chi connectivity index (χ2v) is 8.34. The van der Waals surface area contributed by atoms with E-state index in [-0.39, 0.29) is 17.9 Å². The van der Waals surface area contributed by atoms with E-state index >= 15 is 0 Å². The molecule has 0 unspecified atom stereocenters. The monoisotopic (exact) mass is 483 g/mol. The van der Waals surface area contributed by atoms with Crippen LogP contribution in [0.2, 0.25) is 0 Å². The van der Waals surface area contributed by atoms with E-state index in [1.807, 2.05) is 66.2 Å². The highest BCUT2D eigenvalue weighted by atomic mass is 16.5. The number of hydrogen-bond acceptors (Lipinski definition) is 7. The summed E-state index contributed by atoms with van der Waals surface area (Å²) < 4.78 is 8.33. The van der Waals surface area contributed by atoms with Crippen molar-refractivity contribution in [1.82, 2.24) is 34.8 Å². The molecule has 10 heteroatoms. The average Bonchev–Trinajstić information content (AvgIpc) is 3.59. The molecule has 0 aliphatic heterocycles. The highest BCUT2D eigenvalue weighted by molar-refractivity contribution is 5.88. The Bertz CT molecular complexity index is 1570. The number of fused-ring (bicyclic) bond motifs is 1. The Balaban J connectivity index is 1.51. The zero-order chi connectivity index (χ0) is 25.1. The molecule has 0 aliphatic rings. The first-order valence-electron chi connectivity index (χ1n) is 11.8. The van der Waals surface area contributed by atoms with Crippen molar-refractivity contribution >= 4 is 11.6 Å². The van der Waals surface area contributed by atoms with Gasteiger partial charge in [0.05, 0.1) is 6.61 Å². The van der Waals surface area contributed by atoms with Crippen LogP contribution in [-0.4, -0.2) is 47.4 Å². The van der Waals surface area contributed by atoms with Crippen LogP contribution in [0.5, 0.6) is 0 Å². The van der Waals surface area contributed by atoms with Gasteiger partial charge < -0.3 is 9.30 Å². The van der Waals surface area contributed by atoms with Gasteiger partial charge in [-0.1, -0.05) is 61.9 Å². The third-order valence-corrected chi connectivity index (χ3v) is 5.90. The minimum atomic E-state index is -0.547. The Hall–Kier alpha value is -4.60. The van der Waals surface area contributed by atoms with Crippen molar-refractivity contribution in [3.8, 4) is 22.5 Å². The zero-order valence-corrected chi connectivity index (χ0v) is 20.0. The molecule has 3 heterocycles. The quantitative estimate of drug-likeness (QED) is 0.335. The fourth-order valence-electron chi connectivity index (χ4n) is 4.24. The van der Waals surface area contributed by atoms with Crippen molar-refractivity contribution in [2.24, 2.45) is 0 Å². The van der Waals surface area contributed by atoms with Gasteiger partial charge in [0.1, 0.15) is 5.65 Å². The summed E-state index contributed by atoms with van der Waals surface area (Å²) in [5.74, 6) is -0.0132. The van der Waals surface area contributed by atoms with E-state index in [1.165, 1.54) is 4.52 Å². The smallest absolute Gasteiger partial charge is 0.358 e. The second-order valence-electron chi connectivity index (χ2n) is 8.34. The van der Waals surface area contributed by atoms with Gasteiger partial charge in [-0.2, -0.15) is 14.8 Å². The molecule has 5 aromatic rings. The van der Waals surface area contributed by atoms with Gasteiger partial charge in [-0.15, -0.1) is 10.2 Å². The van der Waals surface area contributed by atoms with Crippen LogP contribution in [0.1, 0.15) is 41.9 Å². The second kappa shape index (κ2) is 9.95. The van der Waals surface area contributed by atoms with Crippen LogP contribution in [0.25, 0.3) is 28.2 Å². The van der Waals surface area contributed by atoms with Crippen molar-refractivity contribution in [3.05, 3.63) is 88.0 Å². The van der Waals surface area contributed by atoms with Gasteiger partial charge >= 0.3 is 5.97 Å². The molecule has 0 spiro atoms. The molecular formula is C26H25N7O3. The lowest BCUT2D eigenvalue weighted by atomic mass is 9.98. The molecule has 2 aromatic carbocycles. The van der Waals surface area contributed by atoms with E-state index in [9.17, 15) is 9.59 Å². The van der Waals surface area contributed by atoms with E-state index in [4.69, 9.17) is 4.74 Å². The summed E-state index contributed by atoms with van der Waals surface area (Å²) in [5, 5.41) is 18.7. The van der Waals surface area contributed by atoms with Crippen LogP contribution in [0, 0.1) is 0 Å². The van der Waals surface area contributed by atoms with Gasteiger partial charge in [-0.3, -0.25) is 4.79 Å². The summed E-state index contributed by atoms with van der Waals surface area (Å²) in [5.41, 5.74) is 5.01. The molecular weight excluding hydrogens is 458 g/mol. The predicted molar refractivity (Wildman–Crippen MR) is 134 cm³/mol. The molecule has 182 valence electrons. The zero-order valence-electron chi connectivity index (χ0n) is 20.0. The average molecular weight is 484 g/mol. The summed E-state index contributed by atoms with van der Waals surface area (Å²) in [4.78, 5) is 25.2. The number of H-pyrrole nitrogens is 1. The summed E-state index contributed by atoms with van der Waals surface area (Å²) in [6.07, 6.45) is 3.30. The summed E-state index contributed by atoms with van der Waals surface area (Å²) >= 11 is 0. The van der Waals surface area contributed by atoms with Crippen LogP contribution in [0.3, 0.4) is 0 Å². The number of esters is 1. The first-order chi connectivity index (χ1) is 17.6. The highest BCUT2D eigenvalue weighted by Crippen LogP contribution is 2.29. The minimum absolute atomic E-state index is 0.116. The topological polar surface area (TPSA) is 120 Å². The highest BCUT2D eigenvalue weighted by Gasteiger charge is 2.17. The number of nitrogens with zero attached hydrogens (tertiary/aromatic N) is 6. The number of tetrazole rings is 1. The third-order valence-electron chi connectivity index (χ3n) is 5.90. The number of aromatic nitrogens is 7. The number of nitrogens with one attached hydrogen (secondary N) is 1. The third kappa shape index (κ3) is 4.40. The number of aryl methyl sites for hydroxylation is 1. The first kappa shape index (κ1) is 23.2. The molecule has 10 nitrogen and oxygen atoms in total. The Kier molecular flexibility index (Phi) is 6.40. The van der Waals surface area contributed by atoms with E-state index < -0.39 is 5.97 Å². The van der Waals surface area contributed by atoms with Crippen molar-refractivity contribution in [2.45, 2.75) is 33.2 Å². The Morgan fingerprint density at radius 1 is 1.06 bits per heavy atom. The van der Waals surface area contributed by atoms with Gasteiger partial charge in [0, 0.05) is 29.9 Å². The Labute approximate surface area is 206 Å². The molecule has 0 bridgehead atoms. The molecule has 0 saturated heterocycles. The largest absolute Gasteiger partial charge is 0.461 e. The summed E-state index contributed by atoms with van der Waals surface area (Å²) in [6, 6.07) is 17.7. The fourth-order valence-corrected chi connectivity index (χ4v) is 4.24. The van der Waals surface area contributed by atoms with Gasteiger partial charge in [-0.25, -0.2) is 4.79 Å². The summed E-state index contributed by atoms with van der Waals surface area (Å²) in [6.45, 7) is 4.49. The number of aromatic amines is 1. The lowest BCUT2D eigenvalue weighted by Crippen LogP contribution is -2.23. The van der Waals surface area contributed by atoms with Crippen molar-refractivity contribution in [3.63, 3.8) is 0 Å². The number of carbonyl (C=O) groups excluding carboxylic acids is 1. The predicted octanol–water partition coefficient (Wildman–Crippen LogP) is 3.52. The molecule has 3 aromatic heterocycles. The maximum absolute atomic E-state index is 13.0. The van der Waals surface area contributed by atoms with Crippen LogP contribution in [-0.2, 0) is 17.7 Å². The molecule has 0 aliphatic carbocycles. The fraction of sp³-hybridized carbons (Fsp3) is 0.231. The molecule has 0 atom stereocenters. The molecule has 5 rings (SSSR count). The number of benzene rings is 2. The number of rotatable bonds is 8. The number of ether oxygens (including phenoxy) is 1. The minimum Gasteiger partial charge on any atom is -0.461 e. The van der Waals surface area contributed by atoms with Crippen LogP contribution < -0.4 is 5.56 Å². The van der Waals surface area contributed by atoms with E-state index in [2.05, 4.69) is 25.7 Å². The normalized spacial score (nSPS) is 11.2. The summed E-state index contributed by atoms with van der Waals surface area (Å²) in [7, 11) is 0. The van der Waals surface area contributed by atoms with E-state index in [0.717, 1.165) is 28.7 Å². The van der Waals surface area contributed by atoms with Gasteiger partial charge in [0.25, 0.3) is 5.56 Å². The van der Waals surface area contributed by atoms with Crippen LogP contribution in [0.4, 0.5) is 0 Å². The maximum atomic E-state index is 13.0.